The van der Waals surface area contributed by atoms with Crippen molar-refractivity contribution in [2.75, 3.05) is 5.73 Å². The van der Waals surface area contributed by atoms with Crippen molar-refractivity contribution in [3.05, 3.63) is 52.6 Å². The van der Waals surface area contributed by atoms with E-state index in [1.54, 1.807) is 4.68 Å². The number of nitrogen functional groups attached to an aromatic ring is 1. The summed E-state index contributed by atoms with van der Waals surface area (Å²) in [5, 5.41) is 5.88. The Morgan fingerprint density at radius 2 is 2.05 bits per heavy atom. The van der Waals surface area contributed by atoms with Gasteiger partial charge in [-0.3, -0.25) is 14.0 Å². The molecule has 0 saturated heterocycles. The van der Waals surface area contributed by atoms with Gasteiger partial charge in [0.15, 0.2) is 0 Å². The molecule has 1 aromatic carbocycles. The van der Waals surface area contributed by atoms with Crippen molar-refractivity contribution in [1.82, 2.24) is 14.3 Å². The van der Waals surface area contributed by atoms with Crippen LogP contribution in [0.1, 0.15) is 12.6 Å². The molecule has 0 amide bonds. The SMILES string of the molecule is CCc1nn(C)cc1-n1c(N)cc2ccccc2c1=O. The molecule has 3 aromatic rings. The van der Waals surface area contributed by atoms with E-state index >= 15 is 0 Å². The molecule has 5 nitrogen and oxygen atoms in total. The van der Waals surface area contributed by atoms with Gasteiger partial charge in [0.1, 0.15) is 5.82 Å². The Morgan fingerprint density at radius 3 is 2.80 bits per heavy atom. The van der Waals surface area contributed by atoms with Gasteiger partial charge in [0.2, 0.25) is 0 Å². The van der Waals surface area contributed by atoms with Gasteiger partial charge in [0.25, 0.3) is 5.56 Å². The Labute approximate surface area is 116 Å². The molecule has 2 aromatic heterocycles. The van der Waals surface area contributed by atoms with E-state index < -0.39 is 0 Å². The molecule has 0 aliphatic carbocycles. The number of nitrogens with zero attached hydrogens (tertiary/aromatic N) is 3. The molecule has 0 fully saturated rings. The third-order valence-corrected chi connectivity index (χ3v) is 3.41. The highest BCUT2D eigenvalue weighted by atomic mass is 16.1. The highest BCUT2D eigenvalue weighted by Gasteiger charge is 2.14. The maximum absolute atomic E-state index is 12.7. The Bertz CT molecular complexity index is 845. The van der Waals surface area contributed by atoms with Crippen molar-refractivity contribution >= 4 is 16.6 Å². The summed E-state index contributed by atoms with van der Waals surface area (Å²) in [7, 11) is 1.84. The number of fused-ring (bicyclic) bond motifs is 1. The van der Waals surface area contributed by atoms with Crippen molar-refractivity contribution < 1.29 is 0 Å². The van der Waals surface area contributed by atoms with Crippen molar-refractivity contribution in [1.29, 1.82) is 0 Å². The van der Waals surface area contributed by atoms with Gasteiger partial charge in [0, 0.05) is 18.6 Å². The summed E-state index contributed by atoms with van der Waals surface area (Å²) in [5.74, 6) is 0.427. The van der Waals surface area contributed by atoms with Gasteiger partial charge >= 0.3 is 0 Å². The number of hydrogen-bond donors (Lipinski definition) is 1. The van der Waals surface area contributed by atoms with Crippen LogP contribution >= 0.6 is 0 Å². The van der Waals surface area contributed by atoms with E-state index in [0.717, 1.165) is 23.2 Å². The lowest BCUT2D eigenvalue weighted by molar-refractivity contribution is 0.746. The van der Waals surface area contributed by atoms with E-state index in [-0.39, 0.29) is 5.56 Å². The van der Waals surface area contributed by atoms with E-state index in [1.165, 1.54) is 4.57 Å². The predicted octanol–water partition coefficient (Wildman–Crippen LogP) is 1.87. The van der Waals surface area contributed by atoms with Gasteiger partial charge in [-0.2, -0.15) is 5.10 Å². The molecule has 0 bridgehead atoms. The molecule has 2 heterocycles. The lowest BCUT2D eigenvalue weighted by Crippen LogP contribution is -2.22. The molecule has 0 aliphatic heterocycles. The average Bonchev–Trinajstić information content (AvgIpc) is 2.80. The normalized spacial score (nSPS) is 11.1. The van der Waals surface area contributed by atoms with Gasteiger partial charge in [0.05, 0.1) is 11.4 Å². The Hall–Kier alpha value is -2.56. The van der Waals surface area contributed by atoms with Crippen LogP contribution in [-0.2, 0) is 13.5 Å². The highest BCUT2D eigenvalue weighted by molar-refractivity contribution is 5.84. The summed E-state index contributed by atoms with van der Waals surface area (Å²) in [6, 6.07) is 9.28. The molecule has 3 rings (SSSR count). The van der Waals surface area contributed by atoms with Crippen molar-refractivity contribution in [3.8, 4) is 5.69 Å². The van der Waals surface area contributed by atoms with Crippen LogP contribution in [0.15, 0.2) is 41.3 Å². The van der Waals surface area contributed by atoms with Crippen LogP contribution in [0.5, 0.6) is 0 Å². The number of aryl methyl sites for hydroxylation is 2. The second-order valence-corrected chi connectivity index (χ2v) is 4.79. The molecule has 0 aliphatic rings. The van der Waals surface area contributed by atoms with Gasteiger partial charge < -0.3 is 5.73 Å². The number of aromatic nitrogens is 3. The zero-order valence-electron chi connectivity index (χ0n) is 11.5. The summed E-state index contributed by atoms with van der Waals surface area (Å²) >= 11 is 0. The van der Waals surface area contributed by atoms with E-state index in [2.05, 4.69) is 5.10 Å². The van der Waals surface area contributed by atoms with Crippen LogP contribution in [0, 0.1) is 0 Å². The molecule has 5 heteroatoms. The summed E-state index contributed by atoms with van der Waals surface area (Å²) in [6.45, 7) is 2.01. The molecule has 20 heavy (non-hydrogen) atoms. The van der Waals surface area contributed by atoms with E-state index in [4.69, 9.17) is 5.73 Å². The second-order valence-electron chi connectivity index (χ2n) is 4.79. The van der Waals surface area contributed by atoms with Crippen LogP contribution in [0.3, 0.4) is 0 Å². The number of rotatable bonds is 2. The zero-order chi connectivity index (χ0) is 14.3. The average molecular weight is 268 g/mol. The maximum atomic E-state index is 12.7. The third kappa shape index (κ3) is 1.79. The molecule has 0 radical (unpaired) electrons. The van der Waals surface area contributed by atoms with Crippen molar-refractivity contribution in [2.24, 2.45) is 7.05 Å². The molecular formula is C15H16N4O. The number of pyridine rings is 1. The minimum Gasteiger partial charge on any atom is -0.385 e. The minimum absolute atomic E-state index is 0.108. The molecule has 2 N–H and O–H groups in total. The van der Waals surface area contributed by atoms with Crippen molar-refractivity contribution in [2.45, 2.75) is 13.3 Å². The third-order valence-electron chi connectivity index (χ3n) is 3.41. The first-order valence-corrected chi connectivity index (χ1v) is 6.55. The van der Waals surface area contributed by atoms with Crippen molar-refractivity contribution in [3.63, 3.8) is 0 Å². The fourth-order valence-corrected chi connectivity index (χ4v) is 2.49. The Kier molecular flexibility index (Phi) is 2.82. The lowest BCUT2D eigenvalue weighted by atomic mass is 10.1. The predicted molar refractivity (Wildman–Crippen MR) is 80.1 cm³/mol. The standard InChI is InChI=1S/C15H16N4O/c1-3-12-13(9-18(2)17-12)19-14(16)8-10-6-4-5-7-11(10)15(19)20/h4-9H,3,16H2,1-2H3. The number of hydrogen-bond acceptors (Lipinski definition) is 3. The summed E-state index contributed by atoms with van der Waals surface area (Å²) in [5.41, 5.74) is 7.58. The Morgan fingerprint density at radius 1 is 1.30 bits per heavy atom. The lowest BCUT2D eigenvalue weighted by Gasteiger charge is -2.10. The van der Waals surface area contributed by atoms with Crippen LogP contribution < -0.4 is 11.3 Å². The number of anilines is 1. The second kappa shape index (κ2) is 4.52. The smallest absolute Gasteiger partial charge is 0.264 e. The molecule has 0 spiro atoms. The summed E-state index contributed by atoms with van der Waals surface area (Å²) < 4.78 is 3.24. The summed E-state index contributed by atoms with van der Waals surface area (Å²) in [6.07, 6.45) is 2.57. The van der Waals surface area contributed by atoms with Gasteiger partial charge in [-0.15, -0.1) is 0 Å². The Balaban J connectivity index is 2.39. The first kappa shape index (κ1) is 12.5. The number of benzene rings is 1. The monoisotopic (exact) mass is 268 g/mol. The van der Waals surface area contributed by atoms with E-state index in [0.29, 0.717) is 11.2 Å². The van der Waals surface area contributed by atoms with Gasteiger partial charge in [-0.1, -0.05) is 25.1 Å². The minimum atomic E-state index is -0.108. The fourth-order valence-electron chi connectivity index (χ4n) is 2.49. The van der Waals surface area contributed by atoms with Crippen LogP contribution in [0.2, 0.25) is 0 Å². The molecule has 102 valence electrons. The molecule has 0 unspecified atom stereocenters. The first-order valence-electron chi connectivity index (χ1n) is 6.55. The quantitative estimate of drug-likeness (QED) is 0.771. The molecular weight excluding hydrogens is 252 g/mol. The largest absolute Gasteiger partial charge is 0.385 e. The topological polar surface area (TPSA) is 65.8 Å². The van der Waals surface area contributed by atoms with E-state index in [9.17, 15) is 4.79 Å². The van der Waals surface area contributed by atoms with E-state index in [1.807, 2.05) is 50.5 Å². The zero-order valence-corrected chi connectivity index (χ0v) is 11.5. The maximum Gasteiger partial charge on any atom is 0.264 e. The first-order chi connectivity index (χ1) is 9.61. The van der Waals surface area contributed by atoms with Crippen LogP contribution in [-0.4, -0.2) is 14.3 Å². The van der Waals surface area contributed by atoms with Gasteiger partial charge in [-0.05, 0) is 23.9 Å². The highest BCUT2D eigenvalue weighted by Crippen LogP contribution is 2.19. The molecule has 0 saturated carbocycles. The van der Waals surface area contributed by atoms with Crippen LogP contribution in [0.25, 0.3) is 16.5 Å². The van der Waals surface area contributed by atoms with Crippen LogP contribution in [0.4, 0.5) is 5.82 Å². The summed E-state index contributed by atoms with van der Waals surface area (Å²) in [4.78, 5) is 12.7. The van der Waals surface area contributed by atoms with Gasteiger partial charge in [-0.25, -0.2) is 0 Å². The number of nitrogens with two attached hydrogens (primary N) is 1. The molecule has 0 atom stereocenters. The fraction of sp³-hybridized carbons (Fsp3) is 0.200.